The number of ether oxygens (including phenoxy) is 1. The van der Waals surface area contributed by atoms with Crippen LogP contribution in [0.1, 0.15) is 90.9 Å². The number of rotatable bonds is 19. The SMILES string of the molecule is CCCCCCCCN(CCCCCCCC)C(=O)C(=O)COCP(=O)(O)O. The number of carbonyl (C=O) groups is 2. The van der Waals surface area contributed by atoms with Gasteiger partial charge in [-0.05, 0) is 12.8 Å². The van der Waals surface area contributed by atoms with Crippen LogP contribution in [0.3, 0.4) is 0 Å². The van der Waals surface area contributed by atoms with Crippen molar-refractivity contribution < 1.29 is 28.7 Å². The molecule has 0 saturated carbocycles. The predicted molar refractivity (Wildman–Crippen MR) is 111 cm³/mol. The number of amides is 1. The van der Waals surface area contributed by atoms with Crippen LogP contribution in [0.2, 0.25) is 0 Å². The average molecular weight is 422 g/mol. The molecule has 0 fully saturated rings. The molecule has 0 aromatic heterocycles. The molecule has 0 bridgehead atoms. The largest absolute Gasteiger partial charge is 0.360 e. The lowest BCUT2D eigenvalue weighted by molar-refractivity contribution is -0.146. The second-order valence-electron chi connectivity index (χ2n) is 7.39. The van der Waals surface area contributed by atoms with Crippen molar-refractivity contribution in [3.8, 4) is 0 Å². The zero-order valence-electron chi connectivity index (χ0n) is 17.7. The van der Waals surface area contributed by atoms with Crippen molar-refractivity contribution in [2.24, 2.45) is 0 Å². The number of nitrogens with zero attached hydrogens (tertiary/aromatic N) is 1. The van der Waals surface area contributed by atoms with Gasteiger partial charge in [0.2, 0.25) is 5.78 Å². The van der Waals surface area contributed by atoms with Gasteiger partial charge in [0, 0.05) is 13.1 Å². The maximum absolute atomic E-state index is 12.4. The second kappa shape index (κ2) is 17.1. The van der Waals surface area contributed by atoms with Gasteiger partial charge in [0.25, 0.3) is 5.91 Å². The highest BCUT2D eigenvalue weighted by Gasteiger charge is 2.22. The summed E-state index contributed by atoms with van der Waals surface area (Å²) < 4.78 is 15.5. The molecule has 0 aliphatic rings. The quantitative estimate of drug-likeness (QED) is 0.183. The maximum Gasteiger partial charge on any atom is 0.350 e. The molecule has 28 heavy (non-hydrogen) atoms. The van der Waals surface area contributed by atoms with E-state index in [4.69, 9.17) is 14.5 Å². The first-order chi connectivity index (χ1) is 13.3. The summed E-state index contributed by atoms with van der Waals surface area (Å²) in [6.07, 6.45) is 12.4. The molecular formula is C20H40NO6P. The van der Waals surface area contributed by atoms with E-state index >= 15 is 0 Å². The number of unbranched alkanes of at least 4 members (excludes halogenated alkanes) is 10. The minimum atomic E-state index is -4.34. The Morgan fingerprint density at radius 2 is 1.21 bits per heavy atom. The van der Waals surface area contributed by atoms with Gasteiger partial charge in [-0.15, -0.1) is 0 Å². The molecule has 0 heterocycles. The van der Waals surface area contributed by atoms with Crippen LogP contribution in [0.25, 0.3) is 0 Å². The molecule has 0 spiro atoms. The van der Waals surface area contributed by atoms with E-state index in [1.54, 1.807) is 4.90 Å². The molecule has 166 valence electrons. The zero-order chi connectivity index (χ0) is 21.3. The maximum atomic E-state index is 12.4. The van der Waals surface area contributed by atoms with Gasteiger partial charge in [-0.1, -0.05) is 78.1 Å². The van der Waals surface area contributed by atoms with Crippen molar-refractivity contribution >= 4 is 19.3 Å². The van der Waals surface area contributed by atoms with E-state index in [1.807, 2.05) is 0 Å². The lowest BCUT2D eigenvalue weighted by atomic mass is 10.1. The van der Waals surface area contributed by atoms with Gasteiger partial charge in [-0.25, -0.2) is 0 Å². The number of hydrogen-bond acceptors (Lipinski definition) is 4. The van der Waals surface area contributed by atoms with Crippen LogP contribution in [-0.4, -0.2) is 52.4 Å². The Kier molecular flexibility index (Phi) is 16.7. The highest BCUT2D eigenvalue weighted by atomic mass is 31.2. The predicted octanol–water partition coefficient (Wildman–Crippen LogP) is 4.26. The Bertz CT molecular complexity index is 450. The molecule has 1 amide bonds. The lowest BCUT2D eigenvalue weighted by Gasteiger charge is -2.22. The smallest absolute Gasteiger partial charge is 0.350 e. The molecule has 0 rings (SSSR count). The fourth-order valence-electron chi connectivity index (χ4n) is 2.98. The molecule has 0 aliphatic heterocycles. The molecule has 7 nitrogen and oxygen atoms in total. The van der Waals surface area contributed by atoms with Gasteiger partial charge in [0.15, 0.2) is 0 Å². The Hall–Kier alpha value is -0.750. The summed E-state index contributed by atoms with van der Waals surface area (Å²) in [5.41, 5.74) is 0. The van der Waals surface area contributed by atoms with Crippen molar-refractivity contribution in [2.45, 2.75) is 90.9 Å². The molecule has 0 aromatic rings. The summed E-state index contributed by atoms with van der Waals surface area (Å²) in [7, 11) is -4.34. The molecule has 0 unspecified atom stereocenters. The van der Waals surface area contributed by atoms with Crippen LogP contribution in [0.4, 0.5) is 0 Å². The Labute approximate surface area is 170 Å². The van der Waals surface area contributed by atoms with Crippen molar-refractivity contribution in [3.05, 3.63) is 0 Å². The van der Waals surface area contributed by atoms with Gasteiger partial charge in [-0.3, -0.25) is 14.2 Å². The van der Waals surface area contributed by atoms with Crippen molar-refractivity contribution in [2.75, 3.05) is 26.0 Å². The molecule has 0 aromatic carbocycles. The van der Waals surface area contributed by atoms with Gasteiger partial charge in [-0.2, -0.15) is 0 Å². The highest BCUT2D eigenvalue weighted by Crippen LogP contribution is 2.33. The van der Waals surface area contributed by atoms with Crippen LogP contribution in [0.15, 0.2) is 0 Å². The fraction of sp³-hybridized carbons (Fsp3) is 0.900. The summed E-state index contributed by atoms with van der Waals surface area (Å²) in [4.78, 5) is 43.6. The molecule has 0 saturated heterocycles. The normalized spacial score (nSPS) is 11.6. The summed E-state index contributed by atoms with van der Waals surface area (Å²) in [5, 5.41) is 0. The van der Waals surface area contributed by atoms with Crippen LogP contribution >= 0.6 is 7.60 Å². The summed E-state index contributed by atoms with van der Waals surface area (Å²) in [5.74, 6) is -1.35. The number of hydrogen-bond donors (Lipinski definition) is 2. The second-order valence-corrected chi connectivity index (χ2v) is 8.98. The molecule has 0 radical (unpaired) electrons. The van der Waals surface area contributed by atoms with E-state index in [1.165, 1.54) is 38.5 Å². The van der Waals surface area contributed by atoms with E-state index in [0.29, 0.717) is 13.1 Å². The number of Topliss-reactive ketones (excluding diaryl/α,β-unsaturated/α-hetero) is 1. The minimum Gasteiger partial charge on any atom is -0.360 e. The molecular weight excluding hydrogens is 381 g/mol. The molecule has 8 heteroatoms. The van der Waals surface area contributed by atoms with E-state index in [-0.39, 0.29) is 0 Å². The van der Waals surface area contributed by atoms with Crippen LogP contribution in [0.5, 0.6) is 0 Å². The van der Waals surface area contributed by atoms with Gasteiger partial charge < -0.3 is 19.4 Å². The van der Waals surface area contributed by atoms with Gasteiger partial charge >= 0.3 is 7.60 Å². The average Bonchev–Trinajstić information content (AvgIpc) is 2.63. The third-order valence-corrected chi connectivity index (χ3v) is 5.10. The first kappa shape index (κ1) is 27.2. The van der Waals surface area contributed by atoms with Crippen LogP contribution in [0, 0.1) is 0 Å². The van der Waals surface area contributed by atoms with Gasteiger partial charge in [0.1, 0.15) is 13.0 Å². The zero-order valence-corrected chi connectivity index (χ0v) is 18.6. The van der Waals surface area contributed by atoms with Crippen LogP contribution in [-0.2, 0) is 18.9 Å². The van der Waals surface area contributed by atoms with Crippen molar-refractivity contribution in [1.29, 1.82) is 0 Å². The molecule has 0 aliphatic carbocycles. The summed E-state index contributed by atoms with van der Waals surface area (Å²) in [6.45, 7) is 4.84. The van der Waals surface area contributed by atoms with E-state index < -0.39 is 32.2 Å². The topological polar surface area (TPSA) is 104 Å². The Morgan fingerprint density at radius 1 is 0.786 bits per heavy atom. The summed E-state index contributed by atoms with van der Waals surface area (Å²) >= 11 is 0. The summed E-state index contributed by atoms with van der Waals surface area (Å²) in [6, 6.07) is 0. The standard InChI is InChI=1S/C20H40NO6P/c1-3-5-7-9-11-13-15-21(16-14-12-10-8-6-4-2)20(23)19(22)17-27-18-28(24,25)26/h3-18H2,1-2H3,(H2,24,25,26). The Balaban J connectivity index is 4.39. The monoisotopic (exact) mass is 421 g/mol. The first-order valence-corrected chi connectivity index (χ1v) is 12.6. The molecule has 0 atom stereocenters. The van der Waals surface area contributed by atoms with E-state index in [2.05, 4.69) is 13.8 Å². The van der Waals surface area contributed by atoms with Gasteiger partial charge in [0.05, 0.1) is 0 Å². The van der Waals surface area contributed by atoms with Crippen LogP contribution < -0.4 is 0 Å². The van der Waals surface area contributed by atoms with E-state index in [0.717, 1.165) is 38.5 Å². The lowest BCUT2D eigenvalue weighted by Crippen LogP contribution is -2.39. The molecule has 2 N–H and O–H groups in total. The number of carbonyl (C=O) groups excluding carboxylic acids is 2. The Morgan fingerprint density at radius 3 is 1.64 bits per heavy atom. The van der Waals surface area contributed by atoms with E-state index in [9.17, 15) is 14.2 Å². The first-order valence-electron chi connectivity index (χ1n) is 10.8. The highest BCUT2D eigenvalue weighted by molar-refractivity contribution is 7.51. The fourth-order valence-corrected chi connectivity index (χ4v) is 3.31. The van der Waals surface area contributed by atoms with Crippen molar-refractivity contribution in [1.82, 2.24) is 4.90 Å². The third kappa shape index (κ3) is 16.2. The van der Waals surface area contributed by atoms with Crippen molar-refractivity contribution in [3.63, 3.8) is 0 Å². The number of ketones is 1. The minimum absolute atomic E-state index is 0.546. The third-order valence-electron chi connectivity index (χ3n) is 4.58.